The number of hydrogen-bond acceptors (Lipinski definition) is 1. The first-order valence-corrected chi connectivity index (χ1v) is 3.95. The molecule has 2 heteroatoms. The second kappa shape index (κ2) is 5.18. The van der Waals surface area contributed by atoms with Crippen molar-refractivity contribution in [2.75, 3.05) is 7.05 Å². The average molecular weight is 186 g/mol. The highest BCUT2D eigenvalue weighted by Crippen LogP contribution is 2.09. The van der Waals surface area contributed by atoms with E-state index in [9.17, 15) is 0 Å². The maximum atomic E-state index is 3.14. The van der Waals surface area contributed by atoms with Gasteiger partial charge in [0.2, 0.25) is 0 Å². The molecule has 0 saturated heterocycles. The lowest BCUT2D eigenvalue weighted by Gasteiger charge is -2.04. The Hall–Kier alpha value is -0.530. The molecule has 0 aromatic heterocycles. The van der Waals surface area contributed by atoms with E-state index in [-0.39, 0.29) is 12.4 Å². The van der Waals surface area contributed by atoms with Crippen molar-refractivity contribution >= 4 is 12.4 Å². The third kappa shape index (κ3) is 2.84. The van der Waals surface area contributed by atoms with Gasteiger partial charge >= 0.3 is 0 Å². The molecular formula is C10H16ClN. The smallest absolute Gasteiger partial charge is 0.0205 e. The molecule has 1 aromatic rings. The van der Waals surface area contributed by atoms with E-state index in [4.69, 9.17) is 0 Å². The van der Waals surface area contributed by atoms with Gasteiger partial charge in [-0.3, -0.25) is 0 Å². The Morgan fingerprint density at radius 1 is 1.25 bits per heavy atom. The van der Waals surface area contributed by atoms with Gasteiger partial charge in [-0.05, 0) is 32.0 Å². The lowest BCUT2D eigenvalue weighted by molar-refractivity contribution is 0.811. The standard InChI is InChI=1S/C10H15N.ClH/c1-8-4-5-10(7-11-3)9(2)6-8;/h4-6,11H,7H2,1-3H3;1H. The predicted molar refractivity (Wildman–Crippen MR) is 55.9 cm³/mol. The minimum Gasteiger partial charge on any atom is -0.316 e. The van der Waals surface area contributed by atoms with E-state index in [0.717, 1.165) is 6.54 Å². The topological polar surface area (TPSA) is 12.0 Å². The highest BCUT2D eigenvalue weighted by Gasteiger charge is 1.95. The Kier molecular flexibility index (Phi) is 4.95. The number of aryl methyl sites for hydroxylation is 2. The van der Waals surface area contributed by atoms with Gasteiger partial charge in [-0.15, -0.1) is 12.4 Å². The van der Waals surface area contributed by atoms with Gasteiger partial charge in [0.15, 0.2) is 0 Å². The molecule has 0 bridgehead atoms. The van der Waals surface area contributed by atoms with Gasteiger partial charge in [0.25, 0.3) is 0 Å². The molecule has 0 aliphatic rings. The van der Waals surface area contributed by atoms with E-state index in [0.29, 0.717) is 0 Å². The average Bonchev–Trinajstić information content (AvgIpc) is 1.95. The van der Waals surface area contributed by atoms with Crippen LogP contribution in [0.2, 0.25) is 0 Å². The summed E-state index contributed by atoms with van der Waals surface area (Å²) in [5, 5.41) is 3.14. The zero-order valence-corrected chi connectivity index (χ0v) is 8.66. The first-order chi connectivity index (χ1) is 5.24. The number of rotatable bonds is 2. The number of benzene rings is 1. The molecule has 0 amide bonds. The van der Waals surface area contributed by atoms with Gasteiger partial charge in [-0.2, -0.15) is 0 Å². The van der Waals surface area contributed by atoms with Crippen molar-refractivity contribution in [3.63, 3.8) is 0 Å². The van der Waals surface area contributed by atoms with Crippen molar-refractivity contribution in [1.82, 2.24) is 5.32 Å². The van der Waals surface area contributed by atoms with Crippen LogP contribution >= 0.6 is 12.4 Å². The molecule has 0 aliphatic heterocycles. The molecule has 0 atom stereocenters. The lowest BCUT2D eigenvalue weighted by Crippen LogP contribution is -2.06. The van der Waals surface area contributed by atoms with Crippen LogP contribution in [-0.2, 0) is 6.54 Å². The van der Waals surface area contributed by atoms with E-state index in [1.807, 2.05) is 7.05 Å². The fraction of sp³-hybridized carbons (Fsp3) is 0.400. The SMILES string of the molecule is CNCc1ccc(C)cc1C.Cl. The van der Waals surface area contributed by atoms with Crippen LogP contribution in [0.15, 0.2) is 18.2 Å². The van der Waals surface area contributed by atoms with Crippen molar-refractivity contribution in [2.24, 2.45) is 0 Å². The minimum atomic E-state index is 0. The molecule has 1 nitrogen and oxygen atoms in total. The summed E-state index contributed by atoms with van der Waals surface area (Å²) in [5.74, 6) is 0. The van der Waals surface area contributed by atoms with Crippen LogP contribution in [0.1, 0.15) is 16.7 Å². The summed E-state index contributed by atoms with van der Waals surface area (Å²) >= 11 is 0. The van der Waals surface area contributed by atoms with E-state index >= 15 is 0 Å². The van der Waals surface area contributed by atoms with Crippen LogP contribution in [0, 0.1) is 13.8 Å². The molecule has 0 radical (unpaired) electrons. The van der Waals surface area contributed by atoms with Gasteiger partial charge in [-0.25, -0.2) is 0 Å². The fourth-order valence-electron chi connectivity index (χ4n) is 1.23. The third-order valence-corrected chi connectivity index (χ3v) is 1.87. The van der Waals surface area contributed by atoms with Gasteiger partial charge < -0.3 is 5.32 Å². The molecule has 0 aliphatic carbocycles. The van der Waals surface area contributed by atoms with E-state index in [2.05, 4.69) is 37.4 Å². The van der Waals surface area contributed by atoms with E-state index in [1.165, 1.54) is 16.7 Å². The van der Waals surface area contributed by atoms with Gasteiger partial charge in [-0.1, -0.05) is 23.8 Å². The Morgan fingerprint density at radius 3 is 2.42 bits per heavy atom. The molecular weight excluding hydrogens is 170 g/mol. The zero-order chi connectivity index (χ0) is 8.27. The summed E-state index contributed by atoms with van der Waals surface area (Å²) < 4.78 is 0. The first-order valence-electron chi connectivity index (χ1n) is 3.95. The molecule has 0 unspecified atom stereocenters. The Balaban J connectivity index is 0.00000121. The Bertz CT molecular complexity index is 246. The molecule has 1 aromatic carbocycles. The van der Waals surface area contributed by atoms with Gasteiger partial charge in [0.05, 0.1) is 0 Å². The molecule has 0 spiro atoms. The first kappa shape index (κ1) is 11.5. The molecule has 68 valence electrons. The molecule has 0 fully saturated rings. The van der Waals surface area contributed by atoms with Crippen molar-refractivity contribution in [2.45, 2.75) is 20.4 Å². The largest absolute Gasteiger partial charge is 0.316 e. The maximum absolute atomic E-state index is 3.14. The molecule has 0 heterocycles. The van der Waals surface area contributed by atoms with Crippen molar-refractivity contribution < 1.29 is 0 Å². The summed E-state index contributed by atoms with van der Waals surface area (Å²) in [5.41, 5.74) is 4.10. The van der Waals surface area contributed by atoms with Crippen molar-refractivity contribution in [1.29, 1.82) is 0 Å². The van der Waals surface area contributed by atoms with Crippen LogP contribution in [0.25, 0.3) is 0 Å². The lowest BCUT2D eigenvalue weighted by atomic mass is 10.1. The third-order valence-electron chi connectivity index (χ3n) is 1.87. The number of nitrogens with one attached hydrogen (secondary N) is 1. The van der Waals surface area contributed by atoms with Gasteiger partial charge in [0.1, 0.15) is 0 Å². The molecule has 0 saturated carbocycles. The van der Waals surface area contributed by atoms with Crippen LogP contribution in [0.5, 0.6) is 0 Å². The summed E-state index contributed by atoms with van der Waals surface area (Å²) in [7, 11) is 1.97. The summed E-state index contributed by atoms with van der Waals surface area (Å²) in [6.45, 7) is 5.24. The van der Waals surface area contributed by atoms with Crippen molar-refractivity contribution in [3.05, 3.63) is 34.9 Å². The van der Waals surface area contributed by atoms with E-state index < -0.39 is 0 Å². The highest BCUT2D eigenvalue weighted by molar-refractivity contribution is 5.85. The summed E-state index contributed by atoms with van der Waals surface area (Å²) in [6, 6.07) is 6.55. The highest BCUT2D eigenvalue weighted by atomic mass is 35.5. The normalized spacial score (nSPS) is 9.25. The number of halogens is 1. The predicted octanol–water partition coefficient (Wildman–Crippen LogP) is 2.44. The second-order valence-corrected chi connectivity index (χ2v) is 2.96. The van der Waals surface area contributed by atoms with Crippen LogP contribution in [0.4, 0.5) is 0 Å². The van der Waals surface area contributed by atoms with Crippen molar-refractivity contribution in [3.8, 4) is 0 Å². The van der Waals surface area contributed by atoms with Crippen LogP contribution in [-0.4, -0.2) is 7.05 Å². The molecule has 1 N–H and O–H groups in total. The van der Waals surface area contributed by atoms with E-state index in [1.54, 1.807) is 0 Å². The Morgan fingerprint density at radius 2 is 1.92 bits per heavy atom. The van der Waals surface area contributed by atoms with Crippen LogP contribution < -0.4 is 5.32 Å². The quantitative estimate of drug-likeness (QED) is 0.747. The molecule has 1 rings (SSSR count). The fourth-order valence-corrected chi connectivity index (χ4v) is 1.23. The Labute approximate surface area is 80.6 Å². The van der Waals surface area contributed by atoms with Gasteiger partial charge in [0, 0.05) is 6.54 Å². The summed E-state index contributed by atoms with van der Waals surface area (Å²) in [6.07, 6.45) is 0. The minimum absolute atomic E-state index is 0. The monoisotopic (exact) mass is 185 g/mol. The maximum Gasteiger partial charge on any atom is 0.0205 e. The van der Waals surface area contributed by atoms with Crippen LogP contribution in [0.3, 0.4) is 0 Å². The molecule has 12 heavy (non-hydrogen) atoms. The number of hydrogen-bond donors (Lipinski definition) is 1. The summed E-state index contributed by atoms with van der Waals surface area (Å²) in [4.78, 5) is 0. The second-order valence-electron chi connectivity index (χ2n) is 2.96. The zero-order valence-electron chi connectivity index (χ0n) is 7.85.